The fourth-order valence-electron chi connectivity index (χ4n) is 2.95. The molecule has 1 aliphatic rings. The standard InChI is InChI=1S/C20H20ClNO6S/c1-26-17-7-8-18(19(11-17)27-2)22(15-9-10-29(24,25)13-15)20(23)12-28-16-5-3-14(21)4-6-16/h3-11,15H,12-13H2,1-2H3. The molecule has 1 heterocycles. The second-order valence-corrected chi connectivity index (χ2v) is 8.64. The molecule has 0 aliphatic carbocycles. The van der Waals surface area contributed by atoms with Crippen LogP contribution >= 0.6 is 11.6 Å². The van der Waals surface area contributed by atoms with Crippen LogP contribution in [0.4, 0.5) is 5.69 Å². The summed E-state index contributed by atoms with van der Waals surface area (Å²) in [7, 11) is -0.400. The lowest BCUT2D eigenvalue weighted by Crippen LogP contribution is -2.43. The second-order valence-electron chi connectivity index (χ2n) is 6.27. The van der Waals surface area contributed by atoms with Crippen LogP contribution in [-0.2, 0) is 14.6 Å². The van der Waals surface area contributed by atoms with Crippen molar-refractivity contribution < 1.29 is 27.4 Å². The van der Waals surface area contributed by atoms with Gasteiger partial charge >= 0.3 is 0 Å². The quantitative estimate of drug-likeness (QED) is 0.662. The number of amides is 1. The van der Waals surface area contributed by atoms with E-state index < -0.39 is 21.8 Å². The van der Waals surface area contributed by atoms with Gasteiger partial charge in [-0.3, -0.25) is 9.69 Å². The molecule has 1 unspecified atom stereocenters. The predicted octanol–water partition coefficient (Wildman–Crippen LogP) is 3.08. The summed E-state index contributed by atoms with van der Waals surface area (Å²) in [6.45, 7) is -0.290. The molecule has 0 saturated heterocycles. The van der Waals surface area contributed by atoms with Gasteiger partial charge < -0.3 is 14.2 Å². The van der Waals surface area contributed by atoms with E-state index in [9.17, 15) is 13.2 Å². The fraction of sp³-hybridized carbons (Fsp3) is 0.250. The Morgan fingerprint density at radius 2 is 1.79 bits per heavy atom. The van der Waals surface area contributed by atoms with Crippen molar-refractivity contribution in [2.45, 2.75) is 6.04 Å². The largest absolute Gasteiger partial charge is 0.497 e. The second kappa shape index (κ2) is 8.75. The Kier molecular flexibility index (Phi) is 6.34. The van der Waals surface area contributed by atoms with E-state index in [0.717, 1.165) is 5.41 Å². The summed E-state index contributed by atoms with van der Waals surface area (Å²) in [5.74, 6) is 0.760. The molecule has 154 valence electrons. The van der Waals surface area contributed by atoms with Gasteiger partial charge in [-0.05, 0) is 42.5 Å². The lowest BCUT2D eigenvalue weighted by Gasteiger charge is -2.29. The first-order valence-corrected chi connectivity index (χ1v) is 10.8. The summed E-state index contributed by atoms with van der Waals surface area (Å²) in [6, 6.07) is 10.9. The molecule has 3 rings (SSSR count). The Labute approximate surface area is 174 Å². The van der Waals surface area contributed by atoms with Gasteiger partial charge in [0.05, 0.1) is 31.7 Å². The summed E-state index contributed by atoms with van der Waals surface area (Å²) >= 11 is 5.86. The SMILES string of the molecule is COc1ccc(N(C(=O)COc2ccc(Cl)cc2)C2C=CS(=O)(=O)C2)c(OC)c1. The average Bonchev–Trinajstić information content (AvgIpc) is 3.07. The topological polar surface area (TPSA) is 82.1 Å². The van der Waals surface area contributed by atoms with Crippen LogP contribution in [-0.4, -0.2) is 46.9 Å². The summed E-state index contributed by atoms with van der Waals surface area (Å²) < 4.78 is 40.1. The molecule has 2 aromatic carbocycles. The summed E-state index contributed by atoms with van der Waals surface area (Å²) in [5, 5.41) is 1.67. The van der Waals surface area contributed by atoms with Gasteiger partial charge in [-0.1, -0.05) is 11.6 Å². The minimum Gasteiger partial charge on any atom is -0.497 e. The van der Waals surface area contributed by atoms with E-state index in [1.807, 2.05) is 0 Å². The zero-order valence-electron chi connectivity index (χ0n) is 15.9. The number of hydrogen-bond acceptors (Lipinski definition) is 6. The van der Waals surface area contributed by atoms with Crippen molar-refractivity contribution in [2.75, 3.05) is 31.5 Å². The Morgan fingerprint density at radius 1 is 1.10 bits per heavy atom. The molecule has 0 saturated carbocycles. The van der Waals surface area contributed by atoms with Gasteiger partial charge in [0.15, 0.2) is 16.4 Å². The van der Waals surface area contributed by atoms with Crippen LogP contribution < -0.4 is 19.1 Å². The van der Waals surface area contributed by atoms with Crippen molar-refractivity contribution in [3.8, 4) is 17.2 Å². The van der Waals surface area contributed by atoms with Crippen molar-refractivity contribution in [1.82, 2.24) is 0 Å². The van der Waals surface area contributed by atoms with Gasteiger partial charge in [-0.2, -0.15) is 0 Å². The van der Waals surface area contributed by atoms with Crippen LogP contribution in [0, 0.1) is 0 Å². The van der Waals surface area contributed by atoms with Gasteiger partial charge in [0.25, 0.3) is 5.91 Å². The highest BCUT2D eigenvalue weighted by Gasteiger charge is 2.33. The first-order valence-electron chi connectivity index (χ1n) is 8.66. The highest BCUT2D eigenvalue weighted by molar-refractivity contribution is 7.94. The highest BCUT2D eigenvalue weighted by atomic mass is 35.5. The van der Waals surface area contributed by atoms with Crippen molar-refractivity contribution in [1.29, 1.82) is 0 Å². The number of sulfone groups is 1. The molecule has 29 heavy (non-hydrogen) atoms. The Hall–Kier alpha value is -2.71. The Bertz CT molecular complexity index is 1020. The fourth-order valence-corrected chi connectivity index (χ4v) is 4.34. The van der Waals surface area contributed by atoms with E-state index in [1.165, 1.54) is 25.2 Å². The summed E-state index contributed by atoms with van der Waals surface area (Å²) in [5.41, 5.74) is 0.421. The normalized spacial score (nSPS) is 17.0. The smallest absolute Gasteiger partial charge is 0.265 e. The van der Waals surface area contributed by atoms with Gasteiger partial charge in [0.2, 0.25) is 0 Å². The minimum absolute atomic E-state index is 0.213. The molecule has 0 spiro atoms. The van der Waals surface area contributed by atoms with Gasteiger partial charge in [0, 0.05) is 16.5 Å². The van der Waals surface area contributed by atoms with E-state index in [-0.39, 0.29) is 12.4 Å². The highest BCUT2D eigenvalue weighted by Crippen LogP contribution is 2.35. The lowest BCUT2D eigenvalue weighted by atomic mass is 10.2. The molecule has 1 amide bonds. The van der Waals surface area contributed by atoms with E-state index >= 15 is 0 Å². The summed E-state index contributed by atoms with van der Waals surface area (Å²) in [6.07, 6.45) is 1.49. The number of carbonyl (C=O) groups excluding carboxylic acids is 1. The number of halogens is 1. The maximum Gasteiger partial charge on any atom is 0.265 e. The third-order valence-electron chi connectivity index (χ3n) is 4.33. The molecular weight excluding hydrogens is 418 g/mol. The maximum absolute atomic E-state index is 13.1. The van der Waals surface area contributed by atoms with E-state index in [2.05, 4.69) is 0 Å². The van der Waals surface area contributed by atoms with E-state index in [0.29, 0.717) is 28.0 Å². The maximum atomic E-state index is 13.1. The van der Waals surface area contributed by atoms with Crippen LogP contribution in [0.5, 0.6) is 17.2 Å². The van der Waals surface area contributed by atoms with Crippen LogP contribution in [0.1, 0.15) is 0 Å². The lowest BCUT2D eigenvalue weighted by molar-refractivity contribution is -0.120. The van der Waals surface area contributed by atoms with Crippen LogP contribution in [0.2, 0.25) is 5.02 Å². The van der Waals surface area contributed by atoms with E-state index in [4.69, 9.17) is 25.8 Å². The van der Waals surface area contributed by atoms with Crippen molar-refractivity contribution in [2.24, 2.45) is 0 Å². The third-order valence-corrected chi connectivity index (χ3v) is 5.96. The number of carbonyl (C=O) groups is 1. The molecule has 0 fully saturated rings. The molecule has 0 N–H and O–H groups in total. The molecule has 1 atom stereocenters. The monoisotopic (exact) mass is 437 g/mol. The zero-order valence-corrected chi connectivity index (χ0v) is 17.4. The van der Waals surface area contributed by atoms with Gasteiger partial charge in [-0.25, -0.2) is 8.42 Å². The molecule has 2 aromatic rings. The minimum atomic E-state index is -3.38. The average molecular weight is 438 g/mol. The summed E-state index contributed by atoms with van der Waals surface area (Å²) in [4.78, 5) is 14.4. The predicted molar refractivity (Wildman–Crippen MR) is 111 cm³/mol. The Balaban J connectivity index is 1.90. The third kappa shape index (κ3) is 5.02. The molecular formula is C20H20ClNO6S. The number of methoxy groups -OCH3 is 2. The number of anilines is 1. The van der Waals surface area contributed by atoms with Crippen LogP contribution in [0.15, 0.2) is 53.9 Å². The Morgan fingerprint density at radius 3 is 2.38 bits per heavy atom. The first kappa shape index (κ1) is 21.0. The van der Waals surface area contributed by atoms with Crippen LogP contribution in [0.3, 0.4) is 0 Å². The van der Waals surface area contributed by atoms with E-state index in [1.54, 1.807) is 42.5 Å². The number of hydrogen-bond donors (Lipinski definition) is 0. The van der Waals surface area contributed by atoms with Crippen LogP contribution in [0.25, 0.3) is 0 Å². The van der Waals surface area contributed by atoms with Crippen molar-refractivity contribution >= 4 is 33.0 Å². The number of nitrogens with zero attached hydrogens (tertiary/aromatic N) is 1. The molecule has 1 aliphatic heterocycles. The molecule has 0 aromatic heterocycles. The molecule has 0 bridgehead atoms. The van der Waals surface area contributed by atoms with Gasteiger partial charge in [0.1, 0.15) is 17.2 Å². The number of ether oxygens (including phenoxy) is 3. The number of benzene rings is 2. The zero-order chi connectivity index (χ0) is 21.0. The molecule has 0 radical (unpaired) electrons. The molecule has 7 nitrogen and oxygen atoms in total. The van der Waals surface area contributed by atoms with Crippen molar-refractivity contribution in [3.63, 3.8) is 0 Å². The van der Waals surface area contributed by atoms with Gasteiger partial charge in [-0.15, -0.1) is 0 Å². The first-order chi connectivity index (χ1) is 13.8. The molecule has 9 heteroatoms. The number of rotatable bonds is 7. The van der Waals surface area contributed by atoms with Crippen molar-refractivity contribution in [3.05, 3.63) is 59.0 Å².